The normalized spacial score (nSPS) is 23.7. The maximum Gasteiger partial charge on any atom is 0.317 e. The summed E-state index contributed by atoms with van der Waals surface area (Å²) in [5.74, 6) is 0.409. The van der Waals surface area contributed by atoms with Crippen LogP contribution in [0.1, 0.15) is 49.9 Å². The van der Waals surface area contributed by atoms with Crippen molar-refractivity contribution in [3.63, 3.8) is 0 Å². The zero-order valence-corrected chi connectivity index (χ0v) is 19.2. The van der Waals surface area contributed by atoms with Gasteiger partial charge in [-0.15, -0.1) is 0 Å². The molecule has 5 nitrogen and oxygen atoms in total. The number of piperidine rings is 1. The van der Waals surface area contributed by atoms with Crippen LogP contribution in [0.5, 0.6) is 0 Å². The molecule has 2 aromatic rings. The van der Waals surface area contributed by atoms with Gasteiger partial charge in [0.2, 0.25) is 0 Å². The van der Waals surface area contributed by atoms with E-state index in [1.807, 2.05) is 24.8 Å². The third kappa shape index (κ3) is 3.50. The fraction of sp³-hybridized carbons (Fsp3) is 0.522. The number of carbonyl (C=O) groups excluding carboxylic acids is 1. The Labute approximate surface area is 181 Å². The third-order valence-electron chi connectivity index (χ3n) is 6.76. The van der Waals surface area contributed by atoms with E-state index >= 15 is 0 Å². The minimum atomic E-state index is 0.0565. The number of benzene rings is 1. The highest BCUT2D eigenvalue weighted by molar-refractivity contribution is 9.10. The number of halogens is 1. The summed E-state index contributed by atoms with van der Waals surface area (Å²) in [6.07, 6.45) is 3.96. The highest BCUT2D eigenvalue weighted by Crippen LogP contribution is 2.45. The van der Waals surface area contributed by atoms with Gasteiger partial charge in [0, 0.05) is 58.7 Å². The fourth-order valence-corrected chi connectivity index (χ4v) is 5.84. The van der Waals surface area contributed by atoms with Crippen LogP contribution in [-0.4, -0.2) is 59.1 Å². The van der Waals surface area contributed by atoms with E-state index in [1.54, 1.807) is 0 Å². The van der Waals surface area contributed by atoms with Crippen LogP contribution in [0.4, 0.5) is 4.79 Å². The number of likely N-dealkylation sites (tertiary alicyclic amines) is 1. The largest absolute Gasteiger partial charge is 0.355 e. The second-order valence-corrected chi connectivity index (χ2v) is 9.07. The zero-order valence-electron chi connectivity index (χ0n) is 17.6. The summed E-state index contributed by atoms with van der Waals surface area (Å²) in [7, 11) is 0. The number of likely N-dealkylation sites (N-methyl/N-ethyl adjacent to an activating group) is 1. The molecule has 0 radical (unpaired) electrons. The van der Waals surface area contributed by atoms with Crippen molar-refractivity contribution in [1.82, 2.24) is 20.1 Å². The Balaban J connectivity index is 1.71. The molecule has 2 N–H and O–H groups in total. The highest BCUT2D eigenvalue weighted by Gasteiger charge is 2.41. The van der Waals surface area contributed by atoms with Gasteiger partial charge in [-0.1, -0.05) is 29.4 Å². The first kappa shape index (κ1) is 20.5. The summed E-state index contributed by atoms with van der Waals surface area (Å²) in [4.78, 5) is 20.7. The van der Waals surface area contributed by atoms with E-state index in [1.165, 1.54) is 22.0 Å². The van der Waals surface area contributed by atoms with E-state index in [4.69, 9.17) is 0 Å². The second-order valence-electron chi connectivity index (χ2n) is 8.16. The first-order valence-electron chi connectivity index (χ1n) is 10.8. The number of aromatic amines is 1. The van der Waals surface area contributed by atoms with Crippen molar-refractivity contribution in [1.29, 1.82) is 0 Å². The molecule has 0 saturated carbocycles. The summed E-state index contributed by atoms with van der Waals surface area (Å²) in [5, 5.41) is 4.67. The Morgan fingerprint density at radius 3 is 2.79 bits per heavy atom. The molecule has 1 aliphatic heterocycles. The van der Waals surface area contributed by atoms with Crippen LogP contribution in [0.15, 0.2) is 23.2 Å². The average molecular weight is 459 g/mol. The van der Waals surface area contributed by atoms with Crippen molar-refractivity contribution >= 4 is 38.9 Å². The van der Waals surface area contributed by atoms with Gasteiger partial charge in [0.05, 0.1) is 0 Å². The van der Waals surface area contributed by atoms with E-state index < -0.39 is 0 Å². The van der Waals surface area contributed by atoms with Gasteiger partial charge >= 0.3 is 6.03 Å². The van der Waals surface area contributed by atoms with E-state index in [-0.39, 0.29) is 12.1 Å². The van der Waals surface area contributed by atoms with Gasteiger partial charge in [0.25, 0.3) is 0 Å². The Hall–Kier alpha value is -1.79. The van der Waals surface area contributed by atoms with Crippen LogP contribution in [0.3, 0.4) is 0 Å². The van der Waals surface area contributed by atoms with Crippen LogP contribution in [0.25, 0.3) is 17.0 Å². The molecule has 6 heteroatoms. The molecule has 1 fully saturated rings. The topological polar surface area (TPSA) is 51.4 Å². The van der Waals surface area contributed by atoms with Crippen LogP contribution in [-0.2, 0) is 6.42 Å². The predicted molar refractivity (Wildman–Crippen MR) is 123 cm³/mol. The third-order valence-corrected chi connectivity index (χ3v) is 7.22. The van der Waals surface area contributed by atoms with E-state index in [0.717, 1.165) is 49.2 Å². The van der Waals surface area contributed by atoms with Crippen molar-refractivity contribution < 1.29 is 4.79 Å². The number of urea groups is 1. The summed E-state index contributed by atoms with van der Waals surface area (Å²) in [5.41, 5.74) is 5.11. The maximum absolute atomic E-state index is 12.7. The number of hydrogen-bond acceptors (Lipinski definition) is 2. The Kier molecular flexibility index (Phi) is 5.76. The van der Waals surface area contributed by atoms with Crippen LogP contribution >= 0.6 is 15.9 Å². The number of H-pyrrole nitrogens is 1. The lowest BCUT2D eigenvalue weighted by Crippen LogP contribution is -2.57. The zero-order chi connectivity index (χ0) is 20.7. The predicted octanol–water partition coefficient (Wildman–Crippen LogP) is 4.73. The lowest BCUT2D eigenvalue weighted by Gasteiger charge is -2.47. The molecule has 0 spiro atoms. The Bertz CT molecular complexity index is 933. The molecular formula is C23H31BrN4O. The number of nitrogens with one attached hydrogen (secondary N) is 2. The monoisotopic (exact) mass is 458 g/mol. The van der Waals surface area contributed by atoms with Crippen LogP contribution < -0.4 is 5.32 Å². The molecule has 2 aliphatic rings. The number of fused-ring (bicyclic) bond motifs is 2. The molecule has 4 rings (SSSR count). The standard InChI is InChI=1S/C23H31BrN4O/c1-5-19-18-12-21-16(17-9-14(24)10-20(26-19)22(17)18)11-15(13-28(21)8-4)25-23(29)27(6-2)7-3/h5,9-10,15-16,21,26H,1,6-8,11-13H2,2-4H3,(H,25,29)/t15-,16+,21+/m0/s1. The summed E-state index contributed by atoms with van der Waals surface area (Å²) < 4.78 is 1.10. The van der Waals surface area contributed by atoms with Crippen molar-refractivity contribution in [2.24, 2.45) is 0 Å². The quantitative estimate of drug-likeness (QED) is 0.680. The van der Waals surface area contributed by atoms with E-state index in [0.29, 0.717) is 12.0 Å². The number of nitrogens with zero attached hydrogens (tertiary/aromatic N) is 2. The fourth-order valence-electron chi connectivity index (χ4n) is 5.37. The lowest BCUT2D eigenvalue weighted by atomic mass is 9.73. The van der Waals surface area contributed by atoms with Gasteiger partial charge in [0.1, 0.15) is 0 Å². The lowest BCUT2D eigenvalue weighted by molar-refractivity contribution is 0.103. The maximum atomic E-state index is 12.7. The molecule has 1 aliphatic carbocycles. The van der Waals surface area contributed by atoms with Gasteiger partial charge < -0.3 is 15.2 Å². The Morgan fingerprint density at radius 1 is 1.38 bits per heavy atom. The van der Waals surface area contributed by atoms with Gasteiger partial charge in [-0.3, -0.25) is 4.90 Å². The number of hydrogen-bond donors (Lipinski definition) is 2. The second kappa shape index (κ2) is 8.15. The molecule has 1 aromatic carbocycles. The van der Waals surface area contributed by atoms with Crippen molar-refractivity contribution in [2.45, 2.75) is 51.6 Å². The number of amides is 2. The molecule has 2 heterocycles. The van der Waals surface area contributed by atoms with E-state index in [2.05, 4.69) is 56.8 Å². The average Bonchev–Trinajstić information content (AvgIpc) is 3.06. The van der Waals surface area contributed by atoms with Crippen molar-refractivity contribution in [3.8, 4) is 0 Å². The smallest absolute Gasteiger partial charge is 0.317 e. The molecule has 1 aromatic heterocycles. The molecule has 0 unspecified atom stereocenters. The number of aromatic nitrogens is 1. The van der Waals surface area contributed by atoms with Crippen molar-refractivity contribution in [3.05, 3.63) is 40.0 Å². The van der Waals surface area contributed by atoms with Crippen LogP contribution in [0.2, 0.25) is 0 Å². The molecule has 1 saturated heterocycles. The van der Waals surface area contributed by atoms with Crippen LogP contribution in [0, 0.1) is 0 Å². The van der Waals surface area contributed by atoms with Gasteiger partial charge in [-0.2, -0.15) is 0 Å². The first-order valence-corrected chi connectivity index (χ1v) is 11.6. The Morgan fingerprint density at radius 2 is 2.14 bits per heavy atom. The summed E-state index contributed by atoms with van der Waals surface area (Å²) in [6, 6.07) is 5.13. The summed E-state index contributed by atoms with van der Waals surface area (Å²) >= 11 is 3.71. The summed E-state index contributed by atoms with van der Waals surface area (Å²) in [6.45, 7) is 13.7. The minimum Gasteiger partial charge on any atom is -0.355 e. The van der Waals surface area contributed by atoms with Gasteiger partial charge in [-0.25, -0.2) is 4.79 Å². The molecular weight excluding hydrogens is 428 g/mol. The minimum absolute atomic E-state index is 0.0565. The SMILES string of the molecule is C=Cc1[nH]c2cc(Br)cc3c2c1C[C@@H]1[C@@H]3C[C@H](NC(=O)N(CC)CC)CN1CC. The van der Waals surface area contributed by atoms with Crippen molar-refractivity contribution in [2.75, 3.05) is 26.2 Å². The number of rotatable bonds is 5. The molecule has 29 heavy (non-hydrogen) atoms. The molecule has 3 atom stereocenters. The number of carbonyl (C=O) groups is 1. The molecule has 156 valence electrons. The van der Waals surface area contributed by atoms with Gasteiger partial charge in [0.15, 0.2) is 0 Å². The molecule has 2 amide bonds. The first-order chi connectivity index (χ1) is 14.0. The molecule has 0 bridgehead atoms. The van der Waals surface area contributed by atoms with E-state index in [9.17, 15) is 4.79 Å². The van der Waals surface area contributed by atoms with Gasteiger partial charge in [-0.05, 0) is 62.6 Å². The highest BCUT2D eigenvalue weighted by atomic mass is 79.9.